The van der Waals surface area contributed by atoms with E-state index in [1.54, 1.807) is 43.7 Å². The van der Waals surface area contributed by atoms with Gasteiger partial charge in [0.25, 0.3) is 0 Å². The van der Waals surface area contributed by atoms with E-state index in [-0.39, 0.29) is 0 Å². The van der Waals surface area contributed by atoms with Crippen molar-refractivity contribution in [2.75, 3.05) is 13.7 Å². The monoisotopic (exact) mass is 386 g/mol. The molecule has 0 unspecified atom stereocenters. The highest BCUT2D eigenvalue weighted by Gasteiger charge is 2.10. The Balaban J connectivity index is 2.08. The summed E-state index contributed by atoms with van der Waals surface area (Å²) >= 11 is 18.4. The number of halogens is 3. The van der Waals surface area contributed by atoms with Gasteiger partial charge in [-0.05, 0) is 36.8 Å². The van der Waals surface area contributed by atoms with Crippen LogP contribution >= 0.6 is 34.8 Å². The molecule has 0 amide bonds. The first-order chi connectivity index (χ1) is 11.6. The van der Waals surface area contributed by atoms with Gasteiger partial charge in [-0.1, -0.05) is 40.9 Å². The van der Waals surface area contributed by atoms with E-state index in [0.29, 0.717) is 39.7 Å². The second kappa shape index (κ2) is 9.02. The van der Waals surface area contributed by atoms with Crippen LogP contribution in [0.2, 0.25) is 15.1 Å². The summed E-state index contributed by atoms with van der Waals surface area (Å²) in [7, 11) is 1.56. The van der Waals surface area contributed by atoms with Crippen LogP contribution in [0.15, 0.2) is 35.4 Å². The molecule has 0 aliphatic rings. The molecule has 1 N–H and O–H groups in total. The molecule has 0 saturated carbocycles. The van der Waals surface area contributed by atoms with Crippen molar-refractivity contribution in [3.8, 4) is 11.5 Å². The van der Waals surface area contributed by atoms with Crippen LogP contribution in [0.4, 0.5) is 0 Å². The minimum atomic E-state index is 0.414. The molecule has 0 spiro atoms. The number of methoxy groups -OCH3 is 1. The van der Waals surface area contributed by atoms with Crippen LogP contribution < -0.4 is 14.9 Å². The van der Waals surface area contributed by atoms with Crippen molar-refractivity contribution in [2.24, 2.45) is 5.10 Å². The summed E-state index contributed by atoms with van der Waals surface area (Å²) in [5.74, 6) is 1.08. The van der Waals surface area contributed by atoms with E-state index in [0.717, 1.165) is 11.1 Å². The Labute approximate surface area is 156 Å². The Morgan fingerprint density at radius 3 is 2.46 bits per heavy atom. The zero-order valence-electron chi connectivity index (χ0n) is 13.3. The summed E-state index contributed by atoms with van der Waals surface area (Å²) in [6.45, 7) is 2.80. The molecule has 7 heteroatoms. The maximum atomic E-state index is 6.22. The van der Waals surface area contributed by atoms with Crippen LogP contribution in [-0.4, -0.2) is 19.9 Å². The fourth-order valence-corrected chi connectivity index (χ4v) is 2.85. The van der Waals surface area contributed by atoms with Gasteiger partial charge in [-0.15, -0.1) is 0 Å². The van der Waals surface area contributed by atoms with Gasteiger partial charge < -0.3 is 14.9 Å². The zero-order chi connectivity index (χ0) is 17.5. The highest BCUT2D eigenvalue weighted by atomic mass is 35.5. The summed E-state index contributed by atoms with van der Waals surface area (Å²) in [6.07, 6.45) is 1.63. The average Bonchev–Trinajstić information content (AvgIpc) is 2.56. The Hall–Kier alpha value is -1.62. The molecule has 2 aromatic carbocycles. The predicted octanol–water partition coefficient (Wildman–Crippen LogP) is 5.18. The lowest BCUT2D eigenvalue weighted by Crippen LogP contribution is -2.06. The van der Waals surface area contributed by atoms with Crippen molar-refractivity contribution in [1.82, 2.24) is 5.43 Å². The lowest BCUT2D eigenvalue weighted by Gasteiger charge is -2.11. The maximum absolute atomic E-state index is 6.22. The number of nitrogens with zero attached hydrogens (tertiary/aromatic N) is 1. The quantitative estimate of drug-likeness (QED) is 0.526. The second-order valence-corrected chi connectivity index (χ2v) is 5.98. The molecule has 24 heavy (non-hydrogen) atoms. The van der Waals surface area contributed by atoms with Crippen LogP contribution in [0.3, 0.4) is 0 Å². The van der Waals surface area contributed by atoms with Gasteiger partial charge in [-0.25, -0.2) is 0 Å². The highest BCUT2D eigenvalue weighted by Crippen LogP contribution is 2.36. The largest absolute Gasteiger partial charge is 0.493 e. The standard InChI is InChI=1S/C17H17Cl3N2O2/c1-3-24-17-15(20)7-11(8-16(17)23-2)9-21-22-10-12-13(18)5-4-6-14(12)19/h4-9,22H,3,10H2,1-2H3/b21-9-. The van der Waals surface area contributed by atoms with E-state index >= 15 is 0 Å². The van der Waals surface area contributed by atoms with Gasteiger partial charge in [0.2, 0.25) is 0 Å². The predicted molar refractivity (Wildman–Crippen MR) is 100 cm³/mol. The number of hydrazone groups is 1. The van der Waals surface area contributed by atoms with Crippen LogP contribution in [0.1, 0.15) is 18.1 Å². The van der Waals surface area contributed by atoms with Gasteiger partial charge >= 0.3 is 0 Å². The Morgan fingerprint density at radius 2 is 1.83 bits per heavy atom. The summed E-state index contributed by atoms with van der Waals surface area (Å²) in [6, 6.07) is 8.91. The third-order valence-electron chi connectivity index (χ3n) is 3.16. The van der Waals surface area contributed by atoms with Crippen molar-refractivity contribution >= 4 is 41.0 Å². The van der Waals surface area contributed by atoms with Crippen LogP contribution in [0, 0.1) is 0 Å². The molecular formula is C17H17Cl3N2O2. The van der Waals surface area contributed by atoms with Gasteiger partial charge in [-0.3, -0.25) is 0 Å². The molecule has 128 valence electrons. The molecule has 0 aromatic heterocycles. The number of hydrogen-bond acceptors (Lipinski definition) is 4. The van der Waals surface area contributed by atoms with Crippen LogP contribution in [0.25, 0.3) is 0 Å². The normalized spacial score (nSPS) is 10.9. The van der Waals surface area contributed by atoms with Gasteiger partial charge in [0.1, 0.15) is 0 Å². The van der Waals surface area contributed by atoms with Crippen molar-refractivity contribution < 1.29 is 9.47 Å². The number of hydrogen-bond donors (Lipinski definition) is 1. The number of rotatable bonds is 7. The lowest BCUT2D eigenvalue weighted by atomic mass is 10.2. The molecule has 0 saturated heterocycles. The topological polar surface area (TPSA) is 42.8 Å². The molecule has 0 heterocycles. The first kappa shape index (κ1) is 18.7. The average molecular weight is 388 g/mol. The van der Waals surface area contributed by atoms with Gasteiger partial charge in [-0.2, -0.15) is 5.10 Å². The van der Waals surface area contributed by atoms with Gasteiger partial charge in [0, 0.05) is 15.6 Å². The fraction of sp³-hybridized carbons (Fsp3) is 0.235. The number of ether oxygens (including phenoxy) is 2. The van der Waals surface area contributed by atoms with Crippen LogP contribution in [0.5, 0.6) is 11.5 Å². The molecule has 4 nitrogen and oxygen atoms in total. The molecule has 2 aromatic rings. The highest BCUT2D eigenvalue weighted by molar-refractivity contribution is 6.36. The summed E-state index contributed by atoms with van der Waals surface area (Å²) in [5.41, 5.74) is 4.48. The summed E-state index contributed by atoms with van der Waals surface area (Å²) in [5, 5.41) is 5.82. The van der Waals surface area contributed by atoms with E-state index in [2.05, 4.69) is 10.5 Å². The number of nitrogens with one attached hydrogen (secondary N) is 1. The molecule has 0 radical (unpaired) electrons. The van der Waals surface area contributed by atoms with E-state index in [4.69, 9.17) is 44.3 Å². The van der Waals surface area contributed by atoms with Crippen LogP contribution in [-0.2, 0) is 6.54 Å². The van der Waals surface area contributed by atoms with E-state index < -0.39 is 0 Å². The molecule has 0 bridgehead atoms. The molecule has 0 fully saturated rings. The summed E-state index contributed by atoms with van der Waals surface area (Å²) in [4.78, 5) is 0. The molecule has 0 atom stereocenters. The molecular weight excluding hydrogens is 371 g/mol. The lowest BCUT2D eigenvalue weighted by molar-refractivity contribution is 0.311. The SMILES string of the molecule is CCOc1c(Cl)cc(/C=N\NCc2c(Cl)cccc2Cl)cc1OC. The van der Waals surface area contributed by atoms with E-state index in [9.17, 15) is 0 Å². The summed E-state index contributed by atoms with van der Waals surface area (Å²) < 4.78 is 10.8. The first-order valence-corrected chi connectivity index (χ1v) is 8.39. The minimum absolute atomic E-state index is 0.414. The van der Waals surface area contributed by atoms with Crippen molar-refractivity contribution in [2.45, 2.75) is 13.5 Å². The van der Waals surface area contributed by atoms with Crippen molar-refractivity contribution in [1.29, 1.82) is 0 Å². The zero-order valence-corrected chi connectivity index (χ0v) is 15.5. The van der Waals surface area contributed by atoms with Gasteiger partial charge in [0.05, 0.1) is 31.5 Å². The smallest absolute Gasteiger partial charge is 0.179 e. The van der Waals surface area contributed by atoms with Crippen molar-refractivity contribution in [3.63, 3.8) is 0 Å². The van der Waals surface area contributed by atoms with Gasteiger partial charge in [0.15, 0.2) is 11.5 Å². The Bertz CT molecular complexity index is 716. The second-order valence-electron chi connectivity index (χ2n) is 4.76. The molecule has 0 aliphatic heterocycles. The minimum Gasteiger partial charge on any atom is -0.493 e. The third kappa shape index (κ3) is 4.69. The Kier molecular flexibility index (Phi) is 7.03. The molecule has 2 rings (SSSR count). The third-order valence-corrected chi connectivity index (χ3v) is 4.15. The number of benzene rings is 2. The Morgan fingerprint density at radius 1 is 1.12 bits per heavy atom. The first-order valence-electron chi connectivity index (χ1n) is 7.26. The maximum Gasteiger partial charge on any atom is 0.179 e. The van der Waals surface area contributed by atoms with E-state index in [1.165, 1.54) is 0 Å². The molecule has 0 aliphatic carbocycles. The fourth-order valence-electron chi connectivity index (χ4n) is 2.04. The van der Waals surface area contributed by atoms with E-state index in [1.807, 2.05) is 6.92 Å². The van der Waals surface area contributed by atoms with Crippen molar-refractivity contribution in [3.05, 3.63) is 56.5 Å².